The predicted molar refractivity (Wildman–Crippen MR) is 81.9 cm³/mol. The largest absolute Gasteiger partial charge is 0.479 e. The molecule has 1 fully saturated rings. The van der Waals surface area contributed by atoms with Crippen LogP contribution in [0.4, 0.5) is 0 Å². The van der Waals surface area contributed by atoms with Crippen LogP contribution in [0, 0.1) is 6.92 Å². The topological polar surface area (TPSA) is 110 Å². The number of aryl methyl sites for hydroxylation is 1. The van der Waals surface area contributed by atoms with Gasteiger partial charge in [0.2, 0.25) is 11.7 Å². The molecule has 1 aliphatic heterocycles. The molecule has 1 aromatic heterocycles. The van der Waals surface area contributed by atoms with Crippen LogP contribution >= 0.6 is 0 Å². The molecule has 3 rings (SSSR count). The zero-order valence-corrected chi connectivity index (χ0v) is 13.1. The second kappa shape index (κ2) is 6.75. The van der Waals surface area contributed by atoms with Gasteiger partial charge < -0.3 is 14.7 Å². The first-order valence-corrected chi connectivity index (χ1v) is 7.50. The average Bonchev–Trinajstić information content (AvgIpc) is 3.04. The van der Waals surface area contributed by atoms with Crippen LogP contribution in [-0.4, -0.2) is 67.9 Å². The predicted octanol–water partition coefficient (Wildman–Crippen LogP) is -0.0395. The van der Waals surface area contributed by atoms with E-state index in [4.69, 9.17) is 9.84 Å². The third-order valence-electron chi connectivity index (χ3n) is 3.73. The summed E-state index contributed by atoms with van der Waals surface area (Å²) in [6.07, 6.45) is -0.991. The maximum absolute atomic E-state index is 12.3. The molecule has 0 radical (unpaired) electrons. The third-order valence-corrected chi connectivity index (χ3v) is 3.73. The van der Waals surface area contributed by atoms with Gasteiger partial charge in [-0.2, -0.15) is 4.80 Å². The summed E-state index contributed by atoms with van der Waals surface area (Å²) >= 11 is 0. The molecule has 0 saturated carbocycles. The second-order valence-corrected chi connectivity index (χ2v) is 5.55. The van der Waals surface area contributed by atoms with Gasteiger partial charge in [0.25, 0.3) is 0 Å². The number of nitrogens with zero attached hydrogens (tertiary/aromatic N) is 5. The summed E-state index contributed by atoms with van der Waals surface area (Å²) in [6.45, 7) is 2.46. The van der Waals surface area contributed by atoms with Gasteiger partial charge in [0.1, 0.15) is 6.54 Å². The average molecular weight is 331 g/mol. The van der Waals surface area contributed by atoms with E-state index in [1.807, 2.05) is 31.2 Å². The minimum Gasteiger partial charge on any atom is -0.479 e. The van der Waals surface area contributed by atoms with Crippen molar-refractivity contribution in [2.45, 2.75) is 19.6 Å². The van der Waals surface area contributed by atoms with Crippen LogP contribution in [0.15, 0.2) is 24.3 Å². The molecular formula is C15H17N5O4. The van der Waals surface area contributed by atoms with Gasteiger partial charge in [-0.05, 0) is 12.1 Å². The Kier molecular flexibility index (Phi) is 4.52. The van der Waals surface area contributed by atoms with Crippen molar-refractivity contribution in [1.29, 1.82) is 0 Å². The minimum atomic E-state index is -1.08. The number of carboxylic acids is 1. The van der Waals surface area contributed by atoms with Gasteiger partial charge in [-0.25, -0.2) is 4.79 Å². The molecule has 126 valence electrons. The Balaban J connectivity index is 1.65. The quantitative estimate of drug-likeness (QED) is 0.837. The van der Waals surface area contributed by atoms with Gasteiger partial charge in [0.05, 0.1) is 13.2 Å². The number of rotatable bonds is 4. The number of carboxylic acid groups (broad SMARTS) is 1. The number of carbonyl (C=O) groups excluding carboxylic acids is 1. The van der Waals surface area contributed by atoms with Gasteiger partial charge in [-0.1, -0.05) is 29.8 Å². The number of carbonyl (C=O) groups is 2. The normalized spacial score (nSPS) is 17.7. The smallest absolute Gasteiger partial charge is 0.334 e. The Hall–Kier alpha value is -2.81. The minimum absolute atomic E-state index is 0.0215. The summed E-state index contributed by atoms with van der Waals surface area (Å²) in [7, 11) is 0. The van der Waals surface area contributed by atoms with Crippen molar-refractivity contribution < 1.29 is 19.4 Å². The van der Waals surface area contributed by atoms with Gasteiger partial charge in [-0.15, -0.1) is 10.2 Å². The molecule has 9 heteroatoms. The number of aliphatic carboxylic acids is 1. The summed E-state index contributed by atoms with van der Waals surface area (Å²) in [4.78, 5) is 25.9. The van der Waals surface area contributed by atoms with Gasteiger partial charge in [0.15, 0.2) is 6.10 Å². The number of hydrogen-bond acceptors (Lipinski definition) is 6. The number of morpholine rings is 1. The number of ether oxygens (including phenoxy) is 1. The van der Waals surface area contributed by atoms with E-state index in [1.54, 1.807) is 0 Å². The van der Waals surface area contributed by atoms with Crippen LogP contribution in [0.2, 0.25) is 0 Å². The van der Waals surface area contributed by atoms with E-state index >= 15 is 0 Å². The van der Waals surface area contributed by atoms with Crippen molar-refractivity contribution in [2.75, 3.05) is 19.7 Å². The fraction of sp³-hybridized carbons (Fsp3) is 0.400. The zero-order chi connectivity index (χ0) is 17.1. The highest BCUT2D eigenvalue weighted by molar-refractivity contribution is 5.78. The number of amides is 1. The van der Waals surface area contributed by atoms with Crippen LogP contribution in [0.5, 0.6) is 0 Å². The molecule has 9 nitrogen and oxygen atoms in total. The number of hydrogen-bond donors (Lipinski definition) is 1. The van der Waals surface area contributed by atoms with Crippen LogP contribution < -0.4 is 0 Å². The van der Waals surface area contributed by atoms with E-state index in [0.717, 1.165) is 11.1 Å². The van der Waals surface area contributed by atoms with E-state index in [2.05, 4.69) is 15.4 Å². The molecule has 1 saturated heterocycles. The molecule has 2 aromatic rings. The molecule has 0 bridgehead atoms. The standard InChI is InChI=1S/C15H17N5O4/c1-10-2-4-11(5-3-10)14-16-18-20(17-14)9-13(21)19-6-7-24-12(8-19)15(22)23/h2-5,12H,6-9H2,1H3,(H,22,23). The van der Waals surface area contributed by atoms with Gasteiger partial charge in [-0.3, -0.25) is 4.79 Å². The summed E-state index contributed by atoms with van der Waals surface area (Å²) in [5.41, 5.74) is 1.94. The van der Waals surface area contributed by atoms with E-state index in [-0.39, 0.29) is 25.6 Å². The second-order valence-electron chi connectivity index (χ2n) is 5.55. The van der Waals surface area contributed by atoms with Crippen molar-refractivity contribution in [3.05, 3.63) is 29.8 Å². The molecular weight excluding hydrogens is 314 g/mol. The third kappa shape index (κ3) is 3.57. The van der Waals surface area contributed by atoms with E-state index < -0.39 is 12.1 Å². The maximum atomic E-state index is 12.3. The maximum Gasteiger partial charge on any atom is 0.334 e. The molecule has 0 spiro atoms. The molecule has 1 aliphatic rings. The number of aromatic nitrogens is 4. The van der Waals surface area contributed by atoms with Gasteiger partial charge >= 0.3 is 5.97 Å². The SMILES string of the molecule is Cc1ccc(-c2nnn(CC(=O)N3CCOC(C(=O)O)C3)n2)cc1. The Morgan fingerprint density at radius 1 is 1.33 bits per heavy atom. The molecule has 2 heterocycles. The number of benzene rings is 1. The Bertz CT molecular complexity index is 743. The van der Waals surface area contributed by atoms with Crippen LogP contribution in [-0.2, 0) is 20.9 Å². The fourth-order valence-corrected chi connectivity index (χ4v) is 2.37. The Morgan fingerprint density at radius 2 is 2.08 bits per heavy atom. The molecule has 24 heavy (non-hydrogen) atoms. The highest BCUT2D eigenvalue weighted by Crippen LogP contribution is 2.14. The molecule has 0 aliphatic carbocycles. The number of tetrazole rings is 1. The lowest BCUT2D eigenvalue weighted by molar-refractivity contribution is -0.159. The van der Waals surface area contributed by atoms with E-state index in [9.17, 15) is 9.59 Å². The van der Waals surface area contributed by atoms with E-state index in [0.29, 0.717) is 12.4 Å². The molecule has 1 unspecified atom stereocenters. The molecule has 1 atom stereocenters. The molecule has 1 aromatic carbocycles. The Labute approximate surface area is 137 Å². The van der Waals surface area contributed by atoms with Crippen LogP contribution in [0.3, 0.4) is 0 Å². The lowest BCUT2D eigenvalue weighted by Crippen LogP contribution is -2.49. The summed E-state index contributed by atoms with van der Waals surface area (Å²) < 4.78 is 5.10. The molecule has 1 N–H and O–H groups in total. The highest BCUT2D eigenvalue weighted by Gasteiger charge is 2.29. The van der Waals surface area contributed by atoms with E-state index in [1.165, 1.54) is 9.70 Å². The van der Waals surface area contributed by atoms with Crippen molar-refractivity contribution in [1.82, 2.24) is 25.1 Å². The first-order chi connectivity index (χ1) is 11.5. The van der Waals surface area contributed by atoms with Crippen molar-refractivity contribution in [3.63, 3.8) is 0 Å². The first-order valence-electron chi connectivity index (χ1n) is 7.50. The van der Waals surface area contributed by atoms with Crippen LogP contribution in [0.1, 0.15) is 5.56 Å². The first kappa shape index (κ1) is 16.1. The highest BCUT2D eigenvalue weighted by atomic mass is 16.5. The fourth-order valence-electron chi connectivity index (χ4n) is 2.37. The van der Waals surface area contributed by atoms with Gasteiger partial charge in [0, 0.05) is 12.1 Å². The lowest BCUT2D eigenvalue weighted by atomic mass is 10.1. The van der Waals surface area contributed by atoms with Crippen molar-refractivity contribution in [3.8, 4) is 11.4 Å². The van der Waals surface area contributed by atoms with Crippen molar-refractivity contribution >= 4 is 11.9 Å². The lowest BCUT2D eigenvalue weighted by Gasteiger charge is -2.30. The Morgan fingerprint density at radius 3 is 2.79 bits per heavy atom. The summed E-state index contributed by atoms with van der Waals surface area (Å²) in [5.74, 6) is -0.904. The van der Waals surface area contributed by atoms with Crippen molar-refractivity contribution in [2.24, 2.45) is 0 Å². The molecule has 1 amide bonds. The van der Waals surface area contributed by atoms with Crippen LogP contribution in [0.25, 0.3) is 11.4 Å². The monoisotopic (exact) mass is 331 g/mol. The summed E-state index contributed by atoms with van der Waals surface area (Å²) in [6, 6.07) is 7.66. The summed E-state index contributed by atoms with van der Waals surface area (Å²) in [5, 5.41) is 21.0. The zero-order valence-electron chi connectivity index (χ0n) is 13.1.